The molecule has 5 heteroatoms. The van der Waals surface area contributed by atoms with Crippen molar-refractivity contribution < 1.29 is 4.79 Å². The van der Waals surface area contributed by atoms with Crippen molar-refractivity contribution >= 4 is 17.5 Å². The summed E-state index contributed by atoms with van der Waals surface area (Å²) in [6.07, 6.45) is 4.49. The van der Waals surface area contributed by atoms with Crippen molar-refractivity contribution in [3.63, 3.8) is 0 Å². The highest BCUT2D eigenvalue weighted by atomic mass is 35.5. The zero-order valence-corrected chi connectivity index (χ0v) is 14.6. The number of hydrogen-bond acceptors (Lipinski definition) is 3. The van der Waals surface area contributed by atoms with Crippen LogP contribution >= 0.6 is 11.6 Å². The fraction of sp³-hybridized carbons (Fsp3) is 0.368. The van der Waals surface area contributed by atoms with Crippen LogP contribution in [0.4, 0.5) is 0 Å². The molecule has 3 N–H and O–H groups in total. The predicted molar refractivity (Wildman–Crippen MR) is 95.8 cm³/mol. The zero-order valence-electron chi connectivity index (χ0n) is 13.8. The number of halogens is 1. The number of carbonyl (C=O) groups is 1. The Morgan fingerprint density at radius 2 is 2.00 bits per heavy atom. The molecule has 2 aromatic rings. The number of nitrogens with zero attached hydrogens (tertiary/aromatic N) is 1. The average molecular weight is 344 g/mol. The van der Waals surface area contributed by atoms with Crippen LogP contribution in [0.1, 0.15) is 47.0 Å². The van der Waals surface area contributed by atoms with E-state index < -0.39 is 11.9 Å². The van der Waals surface area contributed by atoms with E-state index in [0.717, 1.165) is 24.1 Å². The number of benzene rings is 1. The summed E-state index contributed by atoms with van der Waals surface area (Å²) < 4.78 is 0. The van der Waals surface area contributed by atoms with Crippen LogP contribution in [-0.2, 0) is 24.2 Å². The second-order valence-corrected chi connectivity index (χ2v) is 6.76. The SMILES string of the molecule is Cc1cc(CNC(C(N)=O)c2ccc(Cl)cc2)c2c(n1)CCCC2. The standard InChI is InChI=1S/C19H22ClN3O/c1-12-10-14(16-4-2-3-5-17(16)23-12)11-22-18(19(21)24)13-6-8-15(20)9-7-13/h6-10,18,22H,2-5,11H2,1H3,(H2,21,24). The summed E-state index contributed by atoms with van der Waals surface area (Å²) in [5, 5.41) is 3.94. The molecule has 0 fully saturated rings. The number of aromatic nitrogens is 1. The molecule has 0 saturated carbocycles. The molecular weight excluding hydrogens is 322 g/mol. The Kier molecular flexibility index (Phi) is 5.17. The maximum absolute atomic E-state index is 11.9. The van der Waals surface area contributed by atoms with Gasteiger partial charge in [0.2, 0.25) is 5.91 Å². The largest absolute Gasteiger partial charge is 0.368 e. The summed E-state index contributed by atoms with van der Waals surface area (Å²) in [5.74, 6) is -0.392. The number of nitrogens with two attached hydrogens (primary N) is 1. The Hall–Kier alpha value is -1.91. The summed E-state index contributed by atoms with van der Waals surface area (Å²) in [7, 11) is 0. The van der Waals surface area contributed by atoms with E-state index in [1.54, 1.807) is 12.1 Å². The van der Waals surface area contributed by atoms with Gasteiger partial charge in [0.15, 0.2) is 0 Å². The van der Waals surface area contributed by atoms with E-state index in [4.69, 9.17) is 17.3 Å². The molecule has 1 amide bonds. The summed E-state index contributed by atoms with van der Waals surface area (Å²) in [6, 6.07) is 8.78. The quantitative estimate of drug-likeness (QED) is 0.875. The van der Waals surface area contributed by atoms with Gasteiger partial charge in [-0.25, -0.2) is 0 Å². The predicted octanol–water partition coefficient (Wildman–Crippen LogP) is 3.24. The molecule has 0 radical (unpaired) electrons. The lowest BCUT2D eigenvalue weighted by Gasteiger charge is -2.22. The Morgan fingerprint density at radius 1 is 1.29 bits per heavy atom. The third-order valence-electron chi connectivity index (χ3n) is 4.51. The van der Waals surface area contributed by atoms with Crippen LogP contribution in [-0.4, -0.2) is 10.9 Å². The van der Waals surface area contributed by atoms with E-state index in [1.165, 1.54) is 29.7 Å². The lowest BCUT2D eigenvalue weighted by atomic mass is 9.91. The van der Waals surface area contributed by atoms with Crippen molar-refractivity contribution in [3.05, 3.63) is 63.4 Å². The smallest absolute Gasteiger partial charge is 0.239 e. The van der Waals surface area contributed by atoms with Gasteiger partial charge in [-0.3, -0.25) is 15.1 Å². The fourth-order valence-electron chi connectivity index (χ4n) is 3.35. The third kappa shape index (κ3) is 3.77. The molecule has 3 rings (SSSR count). The molecule has 1 aromatic carbocycles. The second-order valence-electron chi connectivity index (χ2n) is 6.32. The Balaban J connectivity index is 1.81. The lowest BCUT2D eigenvalue weighted by Crippen LogP contribution is -2.33. The number of nitrogens with one attached hydrogen (secondary N) is 1. The van der Waals surface area contributed by atoms with Crippen molar-refractivity contribution in [3.8, 4) is 0 Å². The molecular formula is C19H22ClN3O. The lowest BCUT2D eigenvalue weighted by molar-refractivity contribution is -0.120. The van der Waals surface area contributed by atoms with Crippen LogP contribution in [0.5, 0.6) is 0 Å². The van der Waals surface area contributed by atoms with E-state index in [-0.39, 0.29) is 0 Å². The van der Waals surface area contributed by atoms with Gasteiger partial charge in [-0.2, -0.15) is 0 Å². The molecule has 4 nitrogen and oxygen atoms in total. The number of rotatable bonds is 5. The summed E-state index contributed by atoms with van der Waals surface area (Å²) in [5.41, 5.74) is 11.2. The van der Waals surface area contributed by atoms with Crippen molar-refractivity contribution in [2.24, 2.45) is 5.73 Å². The number of aryl methyl sites for hydroxylation is 2. The number of hydrogen-bond donors (Lipinski definition) is 2. The molecule has 0 spiro atoms. The number of pyridine rings is 1. The van der Waals surface area contributed by atoms with Crippen LogP contribution in [0.2, 0.25) is 5.02 Å². The molecule has 24 heavy (non-hydrogen) atoms. The maximum atomic E-state index is 11.9. The zero-order chi connectivity index (χ0) is 17.1. The number of carbonyl (C=O) groups excluding carboxylic acids is 1. The number of amides is 1. The second kappa shape index (κ2) is 7.32. The first-order valence-corrected chi connectivity index (χ1v) is 8.69. The highest BCUT2D eigenvalue weighted by Gasteiger charge is 2.20. The van der Waals surface area contributed by atoms with Gasteiger partial charge in [0.1, 0.15) is 6.04 Å². The molecule has 1 aliphatic carbocycles. The third-order valence-corrected chi connectivity index (χ3v) is 4.76. The normalized spacial score (nSPS) is 14.9. The van der Waals surface area contributed by atoms with Crippen LogP contribution in [0.3, 0.4) is 0 Å². The highest BCUT2D eigenvalue weighted by Crippen LogP contribution is 2.25. The van der Waals surface area contributed by atoms with Crippen LogP contribution in [0.25, 0.3) is 0 Å². The molecule has 1 atom stereocenters. The van der Waals surface area contributed by atoms with Crippen LogP contribution in [0, 0.1) is 6.92 Å². The fourth-order valence-corrected chi connectivity index (χ4v) is 3.48. The van der Waals surface area contributed by atoms with E-state index in [0.29, 0.717) is 11.6 Å². The van der Waals surface area contributed by atoms with Gasteiger partial charge in [-0.15, -0.1) is 0 Å². The molecule has 1 aromatic heterocycles. The van der Waals surface area contributed by atoms with Gasteiger partial charge in [-0.1, -0.05) is 23.7 Å². The minimum atomic E-state index is -0.532. The van der Waals surface area contributed by atoms with Gasteiger partial charge in [0.05, 0.1) is 0 Å². The molecule has 0 saturated heterocycles. The summed E-state index contributed by atoms with van der Waals surface area (Å²) in [6.45, 7) is 2.62. The number of fused-ring (bicyclic) bond motifs is 1. The average Bonchev–Trinajstić information content (AvgIpc) is 2.56. The first-order valence-electron chi connectivity index (χ1n) is 8.31. The van der Waals surface area contributed by atoms with E-state index in [1.807, 2.05) is 19.1 Å². The van der Waals surface area contributed by atoms with Gasteiger partial charge < -0.3 is 5.73 Å². The van der Waals surface area contributed by atoms with Crippen LogP contribution in [0.15, 0.2) is 30.3 Å². The summed E-state index contributed by atoms with van der Waals surface area (Å²) in [4.78, 5) is 16.5. The molecule has 1 heterocycles. The topological polar surface area (TPSA) is 68.0 Å². The minimum absolute atomic E-state index is 0.392. The van der Waals surface area contributed by atoms with E-state index in [9.17, 15) is 4.79 Å². The van der Waals surface area contributed by atoms with Gasteiger partial charge >= 0.3 is 0 Å². The molecule has 1 aliphatic rings. The van der Waals surface area contributed by atoms with E-state index in [2.05, 4.69) is 16.4 Å². The van der Waals surface area contributed by atoms with Crippen LogP contribution < -0.4 is 11.1 Å². The highest BCUT2D eigenvalue weighted by molar-refractivity contribution is 6.30. The van der Waals surface area contributed by atoms with Gasteiger partial charge in [0, 0.05) is 23.0 Å². The van der Waals surface area contributed by atoms with Gasteiger partial charge in [0.25, 0.3) is 0 Å². The Bertz CT molecular complexity index is 743. The first-order chi connectivity index (χ1) is 11.5. The van der Waals surface area contributed by atoms with E-state index >= 15 is 0 Å². The first kappa shape index (κ1) is 16.9. The minimum Gasteiger partial charge on any atom is -0.368 e. The molecule has 1 unspecified atom stereocenters. The molecule has 126 valence electrons. The van der Waals surface area contributed by atoms with Crippen molar-refractivity contribution in [1.82, 2.24) is 10.3 Å². The molecule has 0 bridgehead atoms. The Morgan fingerprint density at radius 3 is 2.71 bits per heavy atom. The van der Waals surface area contributed by atoms with Gasteiger partial charge in [-0.05, 0) is 67.5 Å². The summed E-state index contributed by atoms with van der Waals surface area (Å²) >= 11 is 5.92. The van der Waals surface area contributed by atoms with Crippen molar-refractivity contribution in [2.45, 2.75) is 45.2 Å². The Labute approximate surface area is 147 Å². The monoisotopic (exact) mass is 343 g/mol. The van der Waals surface area contributed by atoms with Crippen molar-refractivity contribution in [2.75, 3.05) is 0 Å². The maximum Gasteiger partial charge on any atom is 0.239 e. The van der Waals surface area contributed by atoms with Crippen molar-refractivity contribution in [1.29, 1.82) is 0 Å². The molecule has 0 aliphatic heterocycles. The number of primary amides is 1.